The Balaban J connectivity index is 4.35. The first-order chi connectivity index (χ1) is 9.24. The first-order valence-electron chi connectivity index (χ1n) is 5.78. The summed E-state index contributed by atoms with van der Waals surface area (Å²) < 4.78 is 30.4. The van der Waals surface area contributed by atoms with Crippen LogP contribution < -0.4 is 11.5 Å². The van der Waals surface area contributed by atoms with E-state index in [1.807, 2.05) is 0 Å². The predicted octanol–water partition coefficient (Wildman–Crippen LogP) is -0.813. The largest absolute Gasteiger partial charge is 0.468 e. The lowest BCUT2D eigenvalue weighted by Gasteiger charge is -2.21. The smallest absolute Gasteiger partial charge is 0.325 e. The fraction of sp³-hybridized carbons (Fsp3) is 0.800. The number of methoxy groups -OCH3 is 2. The molecule has 0 rings (SSSR count). The van der Waals surface area contributed by atoms with Crippen LogP contribution in [0.2, 0.25) is 0 Å². The molecule has 0 saturated heterocycles. The molecule has 0 aromatic heterocycles. The van der Waals surface area contributed by atoms with E-state index in [2.05, 4.69) is 9.47 Å². The van der Waals surface area contributed by atoms with Gasteiger partial charge in [-0.05, 0) is 13.8 Å². The third kappa shape index (κ3) is 5.98. The van der Waals surface area contributed by atoms with Crippen LogP contribution in [0.15, 0.2) is 0 Å². The van der Waals surface area contributed by atoms with Crippen LogP contribution in [0.4, 0.5) is 0 Å². The number of carbonyl (C=O) groups excluding carboxylic acids is 2. The maximum Gasteiger partial charge on any atom is 0.325 e. The molecule has 0 aromatic carbocycles. The molecule has 0 saturated carbocycles. The zero-order valence-corrected chi connectivity index (χ0v) is 12.8. The monoisotopic (exact) mass is 312 g/mol. The van der Waals surface area contributed by atoms with Crippen LogP contribution in [-0.4, -0.2) is 50.4 Å². The molecule has 0 radical (unpaired) electrons. The van der Waals surface area contributed by atoms with Crippen molar-refractivity contribution < 1.29 is 32.7 Å². The van der Waals surface area contributed by atoms with Crippen molar-refractivity contribution in [2.75, 3.05) is 14.2 Å². The lowest BCUT2D eigenvalue weighted by atomic mass is 10.2. The fourth-order valence-corrected chi connectivity index (χ4v) is 2.09. The van der Waals surface area contributed by atoms with E-state index in [1.165, 1.54) is 28.1 Å². The molecule has 0 amide bonds. The summed E-state index contributed by atoms with van der Waals surface area (Å²) in [5.41, 5.74) is 11.0. The van der Waals surface area contributed by atoms with Gasteiger partial charge in [-0.3, -0.25) is 14.2 Å². The van der Waals surface area contributed by atoms with Crippen molar-refractivity contribution in [1.29, 1.82) is 0 Å². The van der Waals surface area contributed by atoms with Gasteiger partial charge in [0.15, 0.2) is 0 Å². The first-order valence-corrected chi connectivity index (χ1v) is 7.01. The molecule has 0 heterocycles. The molecule has 0 aromatic rings. The minimum Gasteiger partial charge on any atom is -0.468 e. The van der Waals surface area contributed by atoms with Gasteiger partial charge in [0.25, 0.3) is 0 Å². The summed E-state index contributed by atoms with van der Waals surface area (Å²) in [7, 11) is -0.640. The van der Waals surface area contributed by atoms with E-state index in [0.29, 0.717) is 0 Å². The lowest BCUT2D eigenvalue weighted by molar-refractivity contribution is -0.144. The zero-order valence-electron chi connectivity index (χ0n) is 11.8. The Morgan fingerprint density at radius 3 is 1.45 bits per heavy atom. The third-order valence-corrected chi connectivity index (χ3v) is 3.65. The standard InChI is InChI=1S/C10H21N2O7P/c1-5(7(11)9(13)16-3)18-20(15)19-6(2)8(12)10(14)17-4/h5-8,20H,11-12H2,1-4H3/t5-,6-,7+,8+/m1/s1. The van der Waals surface area contributed by atoms with Crippen LogP contribution in [0.3, 0.4) is 0 Å². The van der Waals surface area contributed by atoms with Gasteiger partial charge in [0, 0.05) is 0 Å². The second-order valence-corrected chi connectivity index (χ2v) is 4.97. The molecule has 0 spiro atoms. The Morgan fingerprint density at radius 1 is 0.900 bits per heavy atom. The molecule has 4 atom stereocenters. The molecule has 10 heteroatoms. The maximum atomic E-state index is 11.6. The van der Waals surface area contributed by atoms with E-state index in [1.54, 1.807) is 0 Å². The van der Waals surface area contributed by atoms with E-state index in [4.69, 9.17) is 20.5 Å². The molecule has 0 aliphatic heterocycles. The molecule has 0 bridgehead atoms. The molecule has 0 aliphatic rings. The Kier molecular flexibility index (Phi) is 8.59. The fourth-order valence-electron chi connectivity index (χ4n) is 1.13. The van der Waals surface area contributed by atoms with Crippen LogP contribution in [0.5, 0.6) is 0 Å². The van der Waals surface area contributed by atoms with Crippen LogP contribution in [0.25, 0.3) is 0 Å². The van der Waals surface area contributed by atoms with Crippen molar-refractivity contribution in [1.82, 2.24) is 0 Å². The number of nitrogens with two attached hydrogens (primary N) is 2. The van der Waals surface area contributed by atoms with Gasteiger partial charge in [-0.15, -0.1) is 0 Å². The molecular formula is C10H21N2O7P. The highest BCUT2D eigenvalue weighted by Crippen LogP contribution is 2.29. The molecule has 118 valence electrons. The van der Waals surface area contributed by atoms with E-state index < -0.39 is 44.5 Å². The third-order valence-electron chi connectivity index (χ3n) is 2.52. The maximum absolute atomic E-state index is 11.6. The van der Waals surface area contributed by atoms with Gasteiger partial charge in [-0.2, -0.15) is 0 Å². The summed E-state index contributed by atoms with van der Waals surface area (Å²) in [6, 6.07) is -2.19. The quantitative estimate of drug-likeness (QED) is 0.434. The van der Waals surface area contributed by atoms with Crippen LogP contribution in [-0.2, 0) is 32.7 Å². The van der Waals surface area contributed by atoms with Crippen molar-refractivity contribution in [2.45, 2.75) is 38.1 Å². The van der Waals surface area contributed by atoms with Gasteiger partial charge in [-0.1, -0.05) is 0 Å². The minimum absolute atomic E-state index is 0.702. The summed E-state index contributed by atoms with van der Waals surface area (Å²) in [5, 5.41) is 0. The Labute approximate surface area is 117 Å². The van der Waals surface area contributed by atoms with Gasteiger partial charge in [-0.25, -0.2) is 0 Å². The highest BCUT2D eigenvalue weighted by Gasteiger charge is 2.27. The van der Waals surface area contributed by atoms with Gasteiger partial charge in [0.2, 0.25) is 0 Å². The summed E-state index contributed by atoms with van der Waals surface area (Å²) in [6.07, 6.45) is -1.76. The topological polar surface area (TPSA) is 140 Å². The first kappa shape index (κ1) is 19.0. The highest BCUT2D eigenvalue weighted by atomic mass is 31.1. The van der Waals surface area contributed by atoms with Crippen molar-refractivity contribution in [2.24, 2.45) is 11.5 Å². The number of esters is 2. The molecular weight excluding hydrogens is 291 g/mol. The number of carbonyl (C=O) groups is 2. The average molecular weight is 312 g/mol. The second kappa shape index (κ2) is 9.04. The number of rotatable bonds is 8. The molecule has 4 N–H and O–H groups in total. The molecule has 20 heavy (non-hydrogen) atoms. The van der Waals surface area contributed by atoms with Crippen molar-refractivity contribution >= 4 is 20.2 Å². The Hall–Kier alpha value is -0.990. The van der Waals surface area contributed by atoms with Gasteiger partial charge >= 0.3 is 20.2 Å². The molecule has 0 unspecified atom stereocenters. The Morgan fingerprint density at radius 2 is 1.20 bits per heavy atom. The van der Waals surface area contributed by atoms with E-state index in [9.17, 15) is 14.2 Å². The molecule has 0 fully saturated rings. The number of ether oxygens (including phenoxy) is 2. The SMILES string of the molecule is COC(=O)[C@@H](N)[C@@H](C)O[PH](=O)O[C@H](C)[C@H](N)C(=O)OC. The van der Waals surface area contributed by atoms with Gasteiger partial charge in [0.05, 0.1) is 26.4 Å². The lowest BCUT2D eigenvalue weighted by Crippen LogP contribution is -2.43. The highest BCUT2D eigenvalue weighted by molar-refractivity contribution is 7.33. The number of hydrogen-bond acceptors (Lipinski definition) is 9. The summed E-state index contributed by atoms with van der Waals surface area (Å²) in [4.78, 5) is 22.3. The summed E-state index contributed by atoms with van der Waals surface area (Å²) in [6.45, 7) is 2.89. The van der Waals surface area contributed by atoms with Crippen molar-refractivity contribution in [3.05, 3.63) is 0 Å². The average Bonchev–Trinajstić information content (AvgIpc) is 2.43. The number of hydrogen-bond donors (Lipinski definition) is 2. The minimum atomic E-state index is -2.98. The summed E-state index contributed by atoms with van der Waals surface area (Å²) >= 11 is 0. The van der Waals surface area contributed by atoms with Gasteiger partial charge < -0.3 is 30.0 Å². The van der Waals surface area contributed by atoms with Crippen LogP contribution in [0, 0.1) is 0 Å². The molecule has 0 aliphatic carbocycles. The van der Waals surface area contributed by atoms with Crippen LogP contribution >= 0.6 is 8.25 Å². The normalized spacial score (nSPS) is 17.1. The van der Waals surface area contributed by atoms with Crippen molar-refractivity contribution in [3.63, 3.8) is 0 Å². The van der Waals surface area contributed by atoms with Crippen molar-refractivity contribution in [3.8, 4) is 0 Å². The van der Waals surface area contributed by atoms with Crippen LogP contribution in [0.1, 0.15) is 13.8 Å². The van der Waals surface area contributed by atoms with Gasteiger partial charge in [0.1, 0.15) is 12.1 Å². The predicted molar refractivity (Wildman–Crippen MR) is 70.1 cm³/mol. The van der Waals surface area contributed by atoms with E-state index in [-0.39, 0.29) is 0 Å². The second-order valence-electron chi connectivity index (χ2n) is 3.99. The van der Waals surface area contributed by atoms with E-state index >= 15 is 0 Å². The zero-order chi connectivity index (χ0) is 15.9. The molecule has 9 nitrogen and oxygen atoms in total. The van der Waals surface area contributed by atoms with E-state index in [0.717, 1.165) is 0 Å². The summed E-state index contributed by atoms with van der Waals surface area (Å²) in [5.74, 6) is -1.40. The Bertz CT molecular complexity index is 334.